The molecule has 3 aliphatic carbocycles. The minimum Gasteiger partial charge on any atom is -0.508 e. The summed E-state index contributed by atoms with van der Waals surface area (Å²) in [4.78, 5) is 0. The number of benzene rings is 1. The van der Waals surface area contributed by atoms with Gasteiger partial charge in [0.15, 0.2) is 0 Å². The van der Waals surface area contributed by atoms with Crippen molar-refractivity contribution in [3.63, 3.8) is 0 Å². The Hall–Kier alpha value is -1.22. The van der Waals surface area contributed by atoms with Crippen molar-refractivity contribution in [3.8, 4) is 5.75 Å². The molecule has 224 valence electrons. The molecule has 7 heteroatoms. The molecule has 0 aromatic heterocycles. The van der Waals surface area contributed by atoms with Crippen LogP contribution >= 0.6 is 0 Å². The molecule has 5 aliphatic rings. The summed E-state index contributed by atoms with van der Waals surface area (Å²) in [5, 5.41) is 10.0. The Balaban J connectivity index is 1.08. The maximum absolute atomic E-state index is 10.0. The van der Waals surface area contributed by atoms with Gasteiger partial charge in [0.2, 0.25) is 0 Å². The normalized spacial score (nSPS) is 43.6. The van der Waals surface area contributed by atoms with Crippen molar-refractivity contribution in [3.05, 3.63) is 29.3 Å². The van der Waals surface area contributed by atoms with Gasteiger partial charge < -0.3 is 33.5 Å². The van der Waals surface area contributed by atoms with Crippen molar-refractivity contribution >= 4 is 0 Å². The van der Waals surface area contributed by atoms with Gasteiger partial charge in [-0.2, -0.15) is 0 Å². The summed E-state index contributed by atoms with van der Waals surface area (Å²) in [6, 6.07) is 6.03. The number of aromatic hydroxyl groups is 1. The number of ether oxygens (including phenoxy) is 6. The quantitative estimate of drug-likeness (QED) is 0.401. The van der Waals surface area contributed by atoms with Crippen molar-refractivity contribution in [1.29, 1.82) is 0 Å². The monoisotopic (exact) mass is 558 g/mol. The van der Waals surface area contributed by atoms with Gasteiger partial charge in [-0.25, -0.2) is 0 Å². The molecule has 1 N–H and O–H groups in total. The van der Waals surface area contributed by atoms with Crippen molar-refractivity contribution in [2.45, 2.75) is 122 Å². The van der Waals surface area contributed by atoms with Gasteiger partial charge in [-0.1, -0.05) is 33.8 Å². The maximum atomic E-state index is 10.0. The second-order valence-electron chi connectivity index (χ2n) is 13.7. The van der Waals surface area contributed by atoms with E-state index in [1.807, 2.05) is 26.0 Å². The highest BCUT2D eigenvalue weighted by molar-refractivity contribution is 5.40. The standard InChI is InChI=1S/C33H50O7/c1-6-22(4)39-32(7-2)35-18-31(19-36-32)20-37-33(8-3,38-21-31)40-25-16-29-28-11-9-23-15-24(34)10-12-26(23)27(28)13-14-30(29,5)17-25/h10,12,15,22,25,27-29,34H,6-9,11,13-14,16-21H2,1-5H3. The zero-order chi connectivity index (χ0) is 28.2. The summed E-state index contributed by atoms with van der Waals surface area (Å²) in [5.74, 6) is 0.295. The van der Waals surface area contributed by atoms with Crippen molar-refractivity contribution in [1.82, 2.24) is 0 Å². The van der Waals surface area contributed by atoms with Crippen molar-refractivity contribution in [2.24, 2.45) is 22.7 Å². The van der Waals surface area contributed by atoms with E-state index in [1.54, 1.807) is 0 Å². The third kappa shape index (κ3) is 5.13. The average Bonchev–Trinajstić information content (AvgIpc) is 3.31. The zero-order valence-electron chi connectivity index (χ0n) is 25.2. The number of rotatable bonds is 7. The van der Waals surface area contributed by atoms with Crippen LogP contribution in [0.25, 0.3) is 0 Å². The van der Waals surface area contributed by atoms with Crippen LogP contribution in [-0.4, -0.2) is 55.7 Å². The van der Waals surface area contributed by atoms with Gasteiger partial charge in [-0.05, 0) is 98.3 Å². The number of hydrogen-bond donors (Lipinski definition) is 1. The molecule has 6 atom stereocenters. The molecule has 40 heavy (non-hydrogen) atoms. The topological polar surface area (TPSA) is 75.6 Å². The third-order valence-electron chi connectivity index (χ3n) is 11.0. The minimum atomic E-state index is -1.01. The summed E-state index contributed by atoms with van der Waals surface area (Å²) in [6.07, 6.45) is 9.18. The summed E-state index contributed by atoms with van der Waals surface area (Å²) in [7, 11) is 0. The van der Waals surface area contributed by atoms with E-state index in [-0.39, 0.29) is 23.0 Å². The van der Waals surface area contributed by atoms with E-state index in [4.69, 9.17) is 28.4 Å². The SMILES string of the molecule is CCC(C)OC1(CC)OCC2(CO1)COC(CC)(OC1CC3C4CCc5cc(O)ccc5C4CCC3(C)C1)OC2. The molecule has 4 fully saturated rings. The lowest BCUT2D eigenvalue weighted by molar-refractivity contribution is -0.473. The molecule has 6 rings (SSSR count). The van der Waals surface area contributed by atoms with E-state index in [9.17, 15) is 5.11 Å². The molecule has 1 aromatic carbocycles. The van der Waals surface area contributed by atoms with Crippen LogP contribution in [0, 0.1) is 22.7 Å². The van der Waals surface area contributed by atoms with Gasteiger partial charge in [0.1, 0.15) is 5.75 Å². The molecule has 1 aromatic rings. The van der Waals surface area contributed by atoms with Gasteiger partial charge in [0.05, 0.1) is 44.1 Å². The lowest BCUT2D eigenvalue weighted by Crippen LogP contribution is -2.60. The predicted molar refractivity (Wildman–Crippen MR) is 151 cm³/mol. The van der Waals surface area contributed by atoms with Crippen LogP contribution in [0.15, 0.2) is 18.2 Å². The van der Waals surface area contributed by atoms with Gasteiger partial charge in [0, 0.05) is 12.8 Å². The smallest absolute Gasteiger partial charge is 0.282 e. The Kier molecular flexibility index (Phi) is 7.80. The first kappa shape index (κ1) is 28.9. The fraction of sp³-hybridized carbons (Fsp3) is 0.818. The van der Waals surface area contributed by atoms with Crippen LogP contribution in [0.4, 0.5) is 0 Å². The van der Waals surface area contributed by atoms with Crippen LogP contribution in [-0.2, 0) is 34.8 Å². The average molecular weight is 559 g/mol. The van der Waals surface area contributed by atoms with Crippen LogP contribution in [0.2, 0.25) is 0 Å². The Bertz CT molecular complexity index is 1040. The number of phenolic OH excluding ortho intramolecular Hbond substituents is 1. The number of aryl methyl sites for hydroxylation is 1. The number of hydrogen-bond acceptors (Lipinski definition) is 7. The summed E-state index contributed by atoms with van der Waals surface area (Å²) >= 11 is 0. The molecule has 2 saturated carbocycles. The molecule has 0 bridgehead atoms. The number of fused-ring (bicyclic) bond motifs is 5. The zero-order valence-corrected chi connectivity index (χ0v) is 25.2. The molecule has 0 radical (unpaired) electrons. The summed E-state index contributed by atoms with van der Waals surface area (Å²) in [6.45, 7) is 12.7. The fourth-order valence-corrected chi connectivity index (χ4v) is 8.39. The molecule has 2 aliphatic heterocycles. The largest absolute Gasteiger partial charge is 0.508 e. The van der Waals surface area contributed by atoms with E-state index < -0.39 is 11.9 Å². The molecule has 6 unspecified atom stereocenters. The highest BCUT2D eigenvalue weighted by atomic mass is 16.9. The van der Waals surface area contributed by atoms with E-state index >= 15 is 0 Å². The van der Waals surface area contributed by atoms with E-state index in [2.05, 4.69) is 26.8 Å². The Morgan fingerprint density at radius 2 is 1.65 bits per heavy atom. The van der Waals surface area contributed by atoms with Gasteiger partial charge in [-0.3, -0.25) is 0 Å². The molecule has 2 heterocycles. The second-order valence-corrected chi connectivity index (χ2v) is 13.7. The van der Waals surface area contributed by atoms with Crippen molar-refractivity contribution < 1.29 is 33.5 Å². The van der Waals surface area contributed by atoms with Gasteiger partial charge >= 0.3 is 0 Å². The lowest BCUT2D eigenvalue weighted by Gasteiger charge is -2.50. The Labute approximate surface area is 240 Å². The predicted octanol–water partition coefficient (Wildman–Crippen LogP) is 6.66. The highest BCUT2D eigenvalue weighted by Crippen LogP contribution is 2.62. The van der Waals surface area contributed by atoms with Crippen LogP contribution in [0.5, 0.6) is 5.75 Å². The van der Waals surface area contributed by atoms with Gasteiger partial charge in [-0.15, -0.1) is 0 Å². The van der Waals surface area contributed by atoms with Crippen LogP contribution < -0.4 is 0 Å². The summed E-state index contributed by atoms with van der Waals surface area (Å²) in [5.41, 5.74) is 2.74. The van der Waals surface area contributed by atoms with Crippen LogP contribution in [0.1, 0.15) is 103 Å². The first-order chi connectivity index (χ1) is 19.2. The first-order valence-electron chi connectivity index (χ1n) is 15.9. The highest BCUT2D eigenvalue weighted by Gasteiger charge is 2.56. The Morgan fingerprint density at radius 1 is 0.975 bits per heavy atom. The second kappa shape index (κ2) is 10.8. The Morgan fingerprint density at radius 3 is 2.30 bits per heavy atom. The van der Waals surface area contributed by atoms with E-state index in [0.717, 1.165) is 25.7 Å². The van der Waals surface area contributed by atoms with E-state index in [1.165, 1.54) is 30.4 Å². The summed E-state index contributed by atoms with van der Waals surface area (Å²) < 4.78 is 38.3. The van der Waals surface area contributed by atoms with Crippen LogP contribution in [0.3, 0.4) is 0 Å². The minimum absolute atomic E-state index is 0.0676. The number of phenols is 1. The van der Waals surface area contributed by atoms with E-state index in [0.29, 0.717) is 62.8 Å². The lowest BCUT2D eigenvalue weighted by atomic mass is 9.56. The maximum Gasteiger partial charge on any atom is 0.282 e. The van der Waals surface area contributed by atoms with Gasteiger partial charge in [0.25, 0.3) is 11.9 Å². The molecule has 0 amide bonds. The molecule has 2 saturated heterocycles. The molecular formula is C33H50O7. The first-order valence-corrected chi connectivity index (χ1v) is 15.9. The molecule has 1 spiro atoms. The fourth-order valence-electron chi connectivity index (χ4n) is 8.39. The van der Waals surface area contributed by atoms with Crippen molar-refractivity contribution in [2.75, 3.05) is 26.4 Å². The molecule has 7 nitrogen and oxygen atoms in total. The molecular weight excluding hydrogens is 508 g/mol. The third-order valence-corrected chi connectivity index (χ3v) is 11.0.